The summed E-state index contributed by atoms with van der Waals surface area (Å²) >= 11 is 0. The Morgan fingerprint density at radius 1 is 1.11 bits per heavy atom. The number of hydrogen-bond donors (Lipinski definition) is 0. The van der Waals surface area contributed by atoms with Crippen molar-refractivity contribution in [1.29, 1.82) is 0 Å². The standard InChI is InChI=1S/C21H28F2N2O2/c1-3-16(4-2)20(27)24-7-5-21(6-8-24)12-19(26)25(14-21)13-15-9-17(22)11-18(23)10-15/h9-11,16H,3-8,12-14H2,1-2H3. The highest BCUT2D eigenvalue weighted by atomic mass is 19.1. The van der Waals surface area contributed by atoms with E-state index in [-0.39, 0.29) is 29.7 Å². The minimum absolute atomic E-state index is 0.0273. The number of amides is 2. The van der Waals surface area contributed by atoms with Crippen LogP contribution in [-0.2, 0) is 16.1 Å². The number of carbonyl (C=O) groups excluding carboxylic acids is 2. The normalized spacial score (nSPS) is 19.4. The summed E-state index contributed by atoms with van der Waals surface area (Å²) in [4.78, 5) is 28.7. The second kappa shape index (κ2) is 7.95. The van der Waals surface area contributed by atoms with Gasteiger partial charge in [0.1, 0.15) is 11.6 Å². The largest absolute Gasteiger partial charge is 0.342 e. The fourth-order valence-electron chi connectivity index (χ4n) is 4.48. The minimum atomic E-state index is -0.625. The number of nitrogens with zero attached hydrogens (tertiary/aromatic N) is 2. The SMILES string of the molecule is CCC(CC)C(=O)N1CCC2(CC1)CC(=O)N(Cc1cc(F)cc(F)c1)C2. The average molecular weight is 378 g/mol. The van der Waals surface area contributed by atoms with Gasteiger partial charge in [0.05, 0.1) is 0 Å². The maximum atomic E-state index is 13.4. The van der Waals surface area contributed by atoms with Gasteiger partial charge < -0.3 is 9.80 Å². The lowest BCUT2D eigenvalue weighted by molar-refractivity contribution is -0.138. The molecule has 2 fully saturated rings. The Labute approximate surface area is 159 Å². The molecule has 2 saturated heterocycles. The van der Waals surface area contributed by atoms with E-state index in [9.17, 15) is 18.4 Å². The molecule has 2 aliphatic rings. The molecule has 4 nitrogen and oxygen atoms in total. The zero-order valence-electron chi connectivity index (χ0n) is 16.1. The predicted octanol–water partition coefficient (Wildman–Crippen LogP) is 3.74. The molecule has 27 heavy (non-hydrogen) atoms. The van der Waals surface area contributed by atoms with Gasteiger partial charge >= 0.3 is 0 Å². The van der Waals surface area contributed by atoms with E-state index in [0.717, 1.165) is 31.7 Å². The van der Waals surface area contributed by atoms with Gasteiger partial charge in [0.25, 0.3) is 0 Å². The van der Waals surface area contributed by atoms with Crippen molar-refractivity contribution in [3.05, 3.63) is 35.4 Å². The number of hydrogen-bond acceptors (Lipinski definition) is 2. The lowest BCUT2D eigenvalue weighted by atomic mass is 9.77. The molecule has 1 aromatic rings. The van der Waals surface area contributed by atoms with Crippen LogP contribution in [0, 0.1) is 23.0 Å². The molecule has 0 atom stereocenters. The van der Waals surface area contributed by atoms with Crippen LogP contribution in [0.5, 0.6) is 0 Å². The van der Waals surface area contributed by atoms with Crippen LogP contribution >= 0.6 is 0 Å². The summed E-state index contributed by atoms with van der Waals surface area (Å²) < 4.78 is 26.8. The molecular formula is C21H28F2N2O2. The van der Waals surface area contributed by atoms with Crippen LogP contribution < -0.4 is 0 Å². The Morgan fingerprint density at radius 2 is 1.70 bits per heavy atom. The van der Waals surface area contributed by atoms with Gasteiger partial charge in [0.15, 0.2) is 0 Å². The number of halogens is 2. The second-order valence-electron chi connectivity index (χ2n) is 8.04. The molecule has 1 spiro atoms. The summed E-state index contributed by atoms with van der Waals surface area (Å²) in [5.74, 6) is -0.909. The molecule has 2 amide bonds. The van der Waals surface area contributed by atoms with Gasteiger partial charge in [-0.15, -0.1) is 0 Å². The molecule has 1 aromatic carbocycles. The van der Waals surface area contributed by atoms with Crippen LogP contribution in [0.15, 0.2) is 18.2 Å². The summed E-state index contributed by atoms with van der Waals surface area (Å²) in [6.07, 6.45) is 3.77. The zero-order chi connectivity index (χ0) is 19.6. The minimum Gasteiger partial charge on any atom is -0.342 e. The average Bonchev–Trinajstić information content (AvgIpc) is 2.90. The summed E-state index contributed by atoms with van der Waals surface area (Å²) in [5.41, 5.74) is 0.354. The second-order valence-corrected chi connectivity index (χ2v) is 8.04. The van der Waals surface area contributed by atoms with Crippen molar-refractivity contribution in [1.82, 2.24) is 9.80 Å². The van der Waals surface area contributed by atoms with Crippen LogP contribution in [-0.4, -0.2) is 41.2 Å². The molecule has 148 valence electrons. The first-order valence-corrected chi connectivity index (χ1v) is 9.87. The van der Waals surface area contributed by atoms with Crippen molar-refractivity contribution in [3.8, 4) is 0 Å². The summed E-state index contributed by atoms with van der Waals surface area (Å²) in [7, 11) is 0. The van der Waals surface area contributed by atoms with Gasteiger partial charge in [-0.05, 0) is 43.4 Å². The number of piperidine rings is 1. The van der Waals surface area contributed by atoms with E-state index in [4.69, 9.17) is 0 Å². The van der Waals surface area contributed by atoms with E-state index in [1.807, 2.05) is 18.7 Å². The molecule has 6 heteroatoms. The van der Waals surface area contributed by atoms with Crippen molar-refractivity contribution >= 4 is 11.8 Å². The lowest BCUT2D eigenvalue weighted by Gasteiger charge is -2.40. The Balaban J connectivity index is 1.61. The van der Waals surface area contributed by atoms with Gasteiger partial charge in [-0.2, -0.15) is 0 Å². The highest BCUT2D eigenvalue weighted by Crippen LogP contribution is 2.41. The number of rotatable bonds is 5. The monoisotopic (exact) mass is 378 g/mol. The predicted molar refractivity (Wildman–Crippen MR) is 98.7 cm³/mol. The molecule has 0 radical (unpaired) electrons. The van der Waals surface area contributed by atoms with Crippen LogP contribution in [0.3, 0.4) is 0 Å². The Hall–Kier alpha value is -1.98. The highest BCUT2D eigenvalue weighted by Gasteiger charge is 2.45. The van der Waals surface area contributed by atoms with Crippen molar-refractivity contribution in [3.63, 3.8) is 0 Å². The van der Waals surface area contributed by atoms with Gasteiger partial charge in [0, 0.05) is 50.0 Å². The third kappa shape index (κ3) is 4.30. The molecule has 0 N–H and O–H groups in total. The number of carbonyl (C=O) groups is 2. The van der Waals surface area contributed by atoms with Crippen LogP contribution in [0.25, 0.3) is 0 Å². The van der Waals surface area contributed by atoms with Crippen LogP contribution in [0.4, 0.5) is 8.78 Å². The molecule has 3 rings (SSSR count). The first-order chi connectivity index (χ1) is 12.9. The van der Waals surface area contributed by atoms with E-state index in [1.54, 1.807) is 4.90 Å². The molecule has 0 aromatic heterocycles. The maximum Gasteiger partial charge on any atom is 0.225 e. The Kier molecular flexibility index (Phi) is 5.82. The molecule has 2 aliphatic heterocycles. The quantitative estimate of drug-likeness (QED) is 0.783. The maximum absolute atomic E-state index is 13.4. The third-order valence-corrected chi connectivity index (χ3v) is 6.17. The fourth-order valence-corrected chi connectivity index (χ4v) is 4.48. The van der Waals surface area contributed by atoms with Gasteiger partial charge in [-0.1, -0.05) is 13.8 Å². The summed E-state index contributed by atoms with van der Waals surface area (Å²) in [6, 6.07) is 3.39. The van der Waals surface area contributed by atoms with Crippen molar-refractivity contribution in [2.24, 2.45) is 11.3 Å². The van der Waals surface area contributed by atoms with Crippen LogP contribution in [0.1, 0.15) is 51.5 Å². The molecule has 0 bridgehead atoms. The van der Waals surface area contributed by atoms with E-state index >= 15 is 0 Å². The highest BCUT2D eigenvalue weighted by molar-refractivity contribution is 5.80. The fraction of sp³-hybridized carbons (Fsp3) is 0.619. The summed E-state index contributed by atoms with van der Waals surface area (Å²) in [5, 5.41) is 0. The molecule has 0 unspecified atom stereocenters. The number of likely N-dealkylation sites (tertiary alicyclic amines) is 2. The van der Waals surface area contributed by atoms with Gasteiger partial charge in [0.2, 0.25) is 11.8 Å². The van der Waals surface area contributed by atoms with Gasteiger partial charge in [-0.25, -0.2) is 8.78 Å². The van der Waals surface area contributed by atoms with E-state index < -0.39 is 11.6 Å². The molecule has 0 saturated carbocycles. The van der Waals surface area contributed by atoms with Crippen molar-refractivity contribution in [2.75, 3.05) is 19.6 Å². The van der Waals surface area contributed by atoms with Crippen molar-refractivity contribution in [2.45, 2.75) is 52.5 Å². The summed E-state index contributed by atoms with van der Waals surface area (Å²) in [6.45, 7) is 6.28. The van der Waals surface area contributed by atoms with E-state index in [2.05, 4.69) is 0 Å². The van der Waals surface area contributed by atoms with E-state index in [0.29, 0.717) is 31.6 Å². The van der Waals surface area contributed by atoms with Crippen LogP contribution in [0.2, 0.25) is 0 Å². The Morgan fingerprint density at radius 3 is 2.26 bits per heavy atom. The number of benzene rings is 1. The first-order valence-electron chi connectivity index (χ1n) is 9.87. The Bertz CT molecular complexity index is 690. The smallest absolute Gasteiger partial charge is 0.225 e. The molecular weight excluding hydrogens is 350 g/mol. The third-order valence-electron chi connectivity index (χ3n) is 6.17. The van der Waals surface area contributed by atoms with E-state index in [1.165, 1.54) is 12.1 Å². The molecule has 2 heterocycles. The molecule has 0 aliphatic carbocycles. The first kappa shape index (κ1) is 19.8. The topological polar surface area (TPSA) is 40.6 Å². The zero-order valence-corrected chi connectivity index (χ0v) is 16.1. The van der Waals surface area contributed by atoms with Gasteiger partial charge in [-0.3, -0.25) is 9.59 Å². The van der Waals surface area contributed by atoms with Crippen molar-refractivity contribution < 1.29 is 18.4 Å². The lowest BCUT2D eigenvalue weighted by Crippen LogP contribution is -2.46.